The first kappa shape index (κ1) is 11.1. The Morgan fingerprint density at radius 3 is 3.00 bits per heavy atom. The van der Waals surface area contributed by atoms with Gasteiger partial charge in [0.25, 0.3) is 0 Å². The van der Waals surface area contributed by atoms with Crippen LogP contribution in [0.2, 0.25) is 0 Å². The van der Waals surface area contributed by atoms with E-state index in [-0.39, 0.29) is 6.04 Å². The van der Waals surface area contributed by atoms with Crippen molar-refractivity contribution in [2.24, 2.45) is 5.73 Å². The van der Waals surface area contributed by atoms with Crippen molar-refractivity contribution in [3.05, 3.63) is 24.3 Å². The number of aryl methyl sites for hydroxylation is 2. The molecule has 0 spiro atoms. The number of hydrogen-bond donors (Lipinski definition) is 1. The van der Waals surface area contributed by atoms with E-state index >= 15 is 0 Å². The van der Waals surface area contributed by atoms with Crippen molar-refractivity contribution in [2.45, 2.75) is 39.3 Å². The molecule has 0 bridgehead atoms. The van der Waals surface area contributed by atoms with E-state index < -0.39 is 0 Å². The highest BCUT2D eigenvalue weighted by molar-refractivity contribution is 5.74. The van der Waals surface area contributed by atoms with E-state index in [2.05, 4.69) is 21.5 Å². The fourth-order valence-electron chi connectivity index (χ4n) is 1.93. The Balaban J connectivity index is 2.36. The third kappa shape index (κ3) is 2.07. The van der Waals surface area contributed by atoms with Gasteiger partial charge in [0.15, 0.2) is 0 Å². The molecule has 4 heteroatoms. The summed E-state index contributed by atoms with van der Waals surface area (Å²) in [4.78, 5) is 8.70. The summed E-state index contributed by atoms with van der Waals surface area (Å²) in [5.74, 6) is 1.11. The SMILES string of the molecule is CCn1c(CCC(C)N)nc2cnccc21. The first-order chi connectivity index (χ1) is 7.72. The van der Waals surface area contributed by atoms with Gasteiger partial charge in [-0.3, -0.25) is 4.98 Å². The molecule has 0 saturated heterocycles. The third-order valence-electron chi connectivity index (χ3n) is 2.77. The second-order valence-corrected chi connectivity index (χ2v) is 4.15. The van der Waals surface area contributed by atoms with Crippen LogP contribution in [0.3, 0.4) is 0 Å². The molecule has 2 aromatic heterocycles. The summed E-state index contributed by atoms with van der Waals surface area (Å²) >= 11 is 0. The van der Waals surface area contributed by atoms with Crippen LogP contribution in [-0.4, -0.2) is 20.6 Å². The number of fused-ring (bicyclic) bond motifs is 1. The van der Waals surface area contributed by atoms with E-state index in [1.165, 1.54) is 0 Å². The minimum Gasteiger partial charge on any atom is -0.328 e. The van der Waals surface area contributed by atoms with Gasteiger partial charge in [-0.05, 0) is 26.3 Å². The van der Waals surface area contributed by atoms with Crippen LogP contribution < -0.4 is 5.73 Å². The number of nitrogens with two attached hydrogens (primary N) is 1. The van der Waals surface area contributed by atoms with Crippen molar-refractivity contribution >= 4 is 11.0 Å². The van der Waals surface area contributed by atoms with Crippen molar-refractivity contribution in [3.8, 4) is 0 Å². The molecule has 0 aliphatic rings. The summed E-state index contributed by atoms with van der Waals surface area (Å²) in [7, 11) is 0. The second-order valence-electron chi connectivity index (χ2n) is 4.15. The highest BCUT2D eigenvalue weighted by Gasteiger charge is 2.09. The Morgan fingerprint density at radius 1 is 1.50 bits per heavy atom. The summed E-state index contributed by atoms with van der Waals surface area (Å²) in [5.41, 5.74) is 7.92. The monoisotopic (exact) mass is 218 g/mol. The molecule has 0 fully saturated rings. The smallest absolute Gasteiger partial charge is 0.109 e. The van der Waals surface area contributed by atoms with Crippen molar-refractivity contribution in [2.75, 3.05) is 0 Å². The molecule has 0 saturated carbocycles. The number of aromatic nitrogens is 3. The molecule has 0 aliphatic heterocycles. The van der Waals surface area contributed by atoms with Gasteiger partial charge in [0.05, 0.1) is 11.7 Å². The predicted molar refractivity (Wildman–Crippen MR) is 65.2 cm³/mol. The van der Waals surface area contributed by atoms with Crippen LogP contribution in [0.5, 0.6) is 0 Å². The predicted octanol–water partition coefficient (Wildman–Crippen LogP) is 1.73. The van der Waals surface area contributed by atoms with Gasteiger partial charge >= 0.3 is 0 Å². The Kier molecular flexibility index (Phi) is 3.19. The lowest BCUT2D eigenvalue weighted by Gasteiger charge is -2.07. The van der Waals surface area contributed by atoms with E-state index in [1.807, 2.05) is 25.4 Å². The standard InChI is InChI=1S/C12H18N4/c1-3-16-11-6-7-14-8-10(11)15-12(16)5-4-9(2)13/h6-9H,3-5,13H2,1-2H3. The Labute approximate surface area is 95.5 Å². The van der Waals surface area contributed by atoms with Gasteiger partial charge < -0.3 is 10.3 Å². The van der Waals surface area contributed by atoms with Crippen LogP contribution >= 0.6 is 0 Å². The van der Waals surface area contributed by atoms with Gasteiger partial charge in [-0.25, -0.2) is 4.98 Å². The third-order valence-corrected chi connectivity index (χ3v) is 2.77. The van der Waals surface area contributed by atoms with E-state index in [4.69, 9.17) is 5.73 Å². The van der Waals surface area contributed by atoms with Crippen LogP contribution in [0.15, 0.2) is 18.5 Å². The van der Waals surface area contributed by atoms with E-state index in [0.717, 1.165) is 36.2 Å². The Bertz CT molecular complexity index is 473. The highest BCUT2D eigenvalue weighted by Crippen LogP contribution is 2.16. The zero-order valence-electron chi connectivity index (χ0n) is 9.85. The molecule has 2 heterocycles. The summed E-state index contributed by atoms with van der Waals surface area (Å²) in [6, 6.07) is 2.24. The molecule has 0 aromatic carbocycles. The number of nitrogens with zero attached hydrogens (tertiary/aromatic N) is 3. The molecule has 2 rings (SSSR count). The van der Waals surface area contributed by atoms with Crippen LogP contribution in [0, 0.1) is 0 Å². The molecule has 0 aliphatic carbocycles. The van der Waals surface area contributed by atoms with E-state index in [9.17, 15) is 0 Å². The highest BCUT2D eigenvalue weighted by atomic mass is 15.1. The number of hydrogen-bond acceptors (Lipinski definition) is 3. The minimum absolute atomic E-state index is 0.225. The van der Waals surface area contributed by atoms with Crippen molar-refractivity contribution in [1.82, 2.24) is 14.5 Å². The fourth-order valence-corrected chi connectivity index (χ4v) is 1.93. The maximum absolute atomic E-state index is 5.78. The largest absolute Gasteiger partial charge is 0.328 e. The van der Waals surface area contributed by atoms with Gasteiger partial charge in [0.2, 0.25) is 0 Å². The minimum atomic E-state index is 0.225. The van der Waals surface area contributed by atoms with Gasteiger partial charge in [-0.1, -0.05) is 0 Å². The fraction of sp³-hybridized carbons (Fsp3) is 0.500. The van der Waals surface area contributed by atoms with Crippen LogP contribution in [-0.2, 0) is 13.0 Å². The summed E-state index contributed by atoms with van der Waals surface area (Å²) < 4.78 is 2.24. The first-order valence-corrected chi connectivity index (χ1v) is 5.77. The second kappa shape index (κ2) is 4.61. The first-order valence-electron chi connectivity index (χ1n) is 5.77. The normalized spacial score (nSPS) is 13.2. The van der Waals surface area contributed by atoms with Gasteiger partial charge in [-0.2, -0.15) is 0 Å². The lowest BCUT2D eigenvalue weighted by atomic mass is 10.2. The molecular formula is C12H18N4. The van der Waals surface area contributed by atoms with Gasteiger partial charge in [0.1, 0.15) is 11.3 Å². The summed E-state index contributed by atoms with van der Waals surface area (Å²) in [6.45, 7) is 5.10. The molecule has 86 valence electrons. The van der Waals surface area contributed by atoms with Crippen molar-refractivity contribution < 1.29 is 0 Å². The van der Waals surface area contributed by atoms with E-state index in [0.29, 0.717) is 0 Å². The molecule has 0 amide bonds. The summed E-state index contributed by atoms with van der Waals surface area (Å²) in [6.07, 6.45) is 5.53. The van der Waals surface area contributed by atoms with E-state index in [1.54, 1.807) is 0 Å². The topological polar surface area (TPSA) is 56.7 Å². The summed E-state index contributed by atoms with van der Waals surface area (Å²) in [5, 5.41) is 0. The molecule has 2 aromatic rings. The lowest BCUT2D eigenvalue weighted by molar-refractivity contribution is 0.620. The average molecular weight is 218 g/mol. The lowest BCUT2D eigenvalue weighted by Crippen LogP contribution is -2.16. The van der Waals surface area contributed by atoms with Crippen LogP contribution in [0.25, 0.3) is 11.0 Å². The molecular weight excluding hydrogens is 200 g/mol. The van der Waals surface area contributed by atoms with Gasteiger partial charge in [-0.15, -0.1) is 0 Å². The molecule has 16 heavy (non-hydrogen) atoms. The van der Waals surface area contributed by atoms with Crippen molar-refractivity contribution in [3.63, 3.8) is 0 Å². The maximum atomic E-state index is 5.78. The molecule has 1 atom stereocenters. The van der Waals surface area contributed by atoms with Gasteiger partial charge in [0, 0.05) is 25.2 Å². The number of rotatable bonds is 4. The van der Waals surface area contributed by atoms with Crippen LogP contribution in [0.1, 0.15) is 26.1 Å². The Morgan fingerprint density at radius 2 is 2.31 bits per heavy atom. The van der Waals surface area contributed by atoms with Crippen molar-refractivity contribution in [1.29, 1.82) is 0 Å². The molecule has 4 nitrogen and oxygen atoms in total. The zero-order chi connectivity index (χ0) is 11.5. The maximum Gasteiger partial charge on any atom is 0.109 e. The molecule has 0 radical (unpaired) electrons. The van der Waals surface area contributed by atoms with Crippen LogP contribution in [0.4, 0.5) is 0 Å². The quantitative estimate of drug-likeness (QED) is 0.850. The zero-order valence-corrected chi connectivity index (χ0v) is 9.85. The Hall–Kier alpha value is -1.42. The molecule has 2 N–H and O–H groups in total. The number of imidazole rings is 1. The average Bonchev–Trinajstić information content (AvgIpc) is 2.63. The molecule has 1 unspecified atom stereocenters. The number of pyridine rings is 1.